The van der Waals surface area contributed by atoms with Crippen molar-refractivity contribution in [1.82, 2.24) is 9.80 Å². The van der Waals surface area contributed by atoms with Crippen molar-refractivity contribution < 1.29 is 17.1 Å². The maximum absolute atomic E-state index is 4.81. The van der Waals surface area contributed by atoms with Gasteiger partial charge in [-0.1, -0.05) is 27.7 Å². The van der Waals surface area contributed by atoms with E-state index in [2.05, 4.69) is 52.1 Å². The average molecular weight is 362 g/mol. The molecule has 0 aromatic heterocycles. The third kappa shape index (κ3) is 13.6. The van der Waals surface area contributed by atoms with Crippen LogP contribution in [0.2, 0.25) is 0 Å². The summed E-state index contributed by atoms with van der Waals surface area (Å²) in [5.41, 5.74) is 0. The van der Waals surface area contributed by atoms with Crippen molar-refractivity contribution in [3.63, 3.8) is 0 Å². The Kier molecular flexibility index (Phi) is 21.2. The Bertz CT molecular complexity index is 184. The molecule has 0 rings (SSSR count). The smallest absolute Gasteiger partial charge is 0.680 e. The predicted molar refractivity (Wildman–Crippen MR) is 88.1 cm³/mol. The number of hydrogen-bond donors (Lipinski definition) is 0. The van der Waals surface area contributed by atoms with Gasteiger partial charge in [0.2, 0.25) is 0 Å². The van der Waals surface area contributed by atoms with Gasteiger partial charge < -0.3 is 25.3 Å². The van der Waals surface area contributed by atoms with Crippen molar-refractivity contribution in [2.75, 3.05) is 26.2 Å². The SMILES string of the molecule is CCN(CC)C([S-])=[SH+].CCN(CC)C([S-])=[SH+].[Cu+2]. The molecule has 0 aliphatic carbocycles. The second-order valence-electron chi connectivity index (χ2n) is 2.91. The standard InChI is InChI=1S/2C5H11NS2.Cu/c2*1-3-6(4-2)5(7)8;/h2*3-4H2,1-2H3,(H,7,8);/q;;+2. The molecular weight excluding hydrogens is 340 g/mol. The first-order chi connectivity index (χ1) is 7.44. The Morgan fingerprint density at radius 3 is 0.941 bits per heavy atom. The summed E-state index contributed by atoms with van der Waals surface area (Å²) in [6.45, 7) is 12.1. The van der Waals surface area contributed by atoms with Crippen LogP contribution in [0, 0.1) is 0 Å². The van der Waals surface area contributed by atoms with E-state index in [4.69, 9.17) is 25.3 Å². The first-order valence-corrected chi connectivity index (χ1v) is 7.11. The first-order valence-electron chi connectivity index (χ1n) is 5.40. The van der Waals surface area contributed by atoms with E-state index >= 15 is 0 Å². The Labute approximate surface area is 138 Å². The number of nitrogens with zero attached hydrogens (tertiary/aromatic N) is 2. The zero-order valence-corrected chi connectivity index (χ0v) is 15.1. The quantitative estimate of drug-likeness (QED) is 0.236. The molecule has 0 saturated carbocycles. The van der Waals surface area contributed by atoms with Crippen LogP contribution in [-0.4, -0.2) is 44.6 Å². The number of thiol groups is 2. The van der Waals surface area contributed by atoms with E-state index in [1.807, 2.05) is 9.80 Å². The molecule has 0 bridgehead atoms. The zero-order valence-electron chi connectivity index (χ0n) is 10.7. The summed E-state index contributed by atoms with van der Waals surface area (Å²) < 4.78 is 1.38. The van der Waals surface area contributed by atoms with E-state index in [9.17, 15) is 0 Å². The summed E-state index contributed by atoms with van der Waals surface area (Å²) in [6, 6.07) is 0. The van der Waals surface area contributed by atoms with Crippen LogP contribution in [0.3, 0.4) is 0 Å². The summed E-state index contributed by atoms with van der Waals surface area (Å²) in [5.74, 6) is 0. The molecule has 1 radical (unpaired) electrons. The monoisotopic (exact) mass is 361 g/mol. The zero-order chi connectivity index (χ0) is 13.1. The third-order valence-corrected chi connectivity index (χ3v) is 3.15. The summed E-state index contributed by atoms with van der Waals surface area (Å²) in [7, 11) is 0. The molecule has 0 N–H and O–H groups in total. The first kappa shape index (κ1) is 23.4. The molecule has 0 unspecified atom stereocenters. The summed E-state index contributed by atoms with van der Waals surface area (Å²) >= 11 is 17.6. The summed E-state index contributed by atoms with van der Waals surface area (Å²) in [5, 5.41) is 0. The number of hydrogen-bond acceptors (Lipinski definition) is 2. The molecule has 0 aromatic rings. The van der Waals surface area contributed by atoms with Crippen molar-refractivity contribution in [2.45, 2.75) is 27.7 Å². The maximum Gasteiger partial charge on any atom is 2.00 e. The maximum atomic E-state index is 4.81. The normalized spacial score (nSPS) is 9.41. The molecular formula is C10H22CuN2S4+2. The van der Waals surface area contributed by atoms with Gasteiger partial charge >= 0.3 is 17.1 Å². The second kappa shape index (κ2) is 15.4. The van der Waals surface area contributed by atoms with E-state index < -0.39 is 0 Å². The average Bonchev–Trinajstić information content (AvgIpc) is 2.21. The summed E-state index contributed by atoms with van der Waals surface area (Å²) in [4.78, 5) is 4.02. The van der Waals surface area contributed by atoms with Crippen molar-refractivity contribution in [1.29, 1.82) is 0 Å². The fourth-order valence-electron chi connectivity index (χ4n) is 0.988. The van der Waals surface area contributed by atoms with Crippen molar-refractivity contribution >= 4 is 58.3 Å². The Hall–Kier alpha value is 1.32. The van der Waals surface area contributed by atoms with E-state index in [0.717, 1.165) is 26.2 Å². The molecule has 0 aliphatic rings. The molecule has 0 aromatic carbocycles. The van der Waals surface area contributed by atoms with Gasteiger partial charge in [0.15, 0.2) is 0 Å². The van der Waals surface area contributed by atoms with Gasteiger partial charge in [0.1, 0.15) is 33.1 Å². The van der Waals surface area contributed by atoms with Gasteiger partial charge in [0.05, 0.1) is 0 Å². The Morgan fingerprint density at radius 1 is 0.765 bits per heavy atom. The molecule has 17 heavy (non-hydrogen) atoms. The van der Waals surface area contributed by atoms with Gasteiger partial charge in [0, 0.05) is 26.2 Å². The van der Waals surface area contributed by atoms with Crippen LogP contribution in [0.1, 0.15) is 27.7 Å². The predicted octanol–water partition coefficient (Wildman–Crippen LogP) is 0.481. The topological polar surface area (TPSA) is 6.48 Å². The molecule has 0 heterocycles. The molecule has 0 spiro atoms. The second-order valence-corrected chi connectivity index (χ2v) is 5.14. The van der Waals surface area contributed by atoms with E-state index in [1.165, 1.54) is 0 Å². The van der Waals surface area contributed by atoms with E-state index in [0.29, 0.717) is 8.64 Å². The van der Waals surface area contributed by atoms with Gasteiger partial charge in [-0.3, -0.25) is 9.80 Å². The molecule has 0 atom stereocenters. The third-order valence-electron chi connectivity index (χ3n) is 2.07. The van der Waals surface area contributed by atoms with Crippen LogP contribution in [-0.2, 0) is 66.8 Å². The van der Waals surface area contributed by atoms with Crippen LogP contribution in [0.15, 0.2) is 0 Å². The van der Waals surface area contributed by atoms with Gasteiger partial charge in [-0.15, -0.1) is 0 Å². The molecule has 2 nitrogen and oxygen atoms in total. The minimum absolute atomic E-state index is 0. The Morgan fingerprint density at radius 2 is 0.941 bits per heavy atom. The van der Waals surface area contributed by atoms with Gasteiger partial charge in [0.25, 0.3) is 0 Å². The van der Waals surface area contributed by atoms with Gasteiger partial charge in [-0.05, 0) is 0 Å². The largest absolute Gasteiger partial charge is 2.00 e. The van der Waals surface area contributed by atoms with Crippen LogP contribution in [0.25, 0.3) is 0 Å². The van der Waals surface area contributed by atoms with Gasteiger partial charge in [-0.2, -0.15) is 0 Å². The summed E-state index contributed by atoms with van der Waals surface area (Å²) in [6.07, 6.45) is 0. The molecule has 7 heteroatoms. The minimum atomic E-state index is 0. The molecule has 0 amide bonds. The molecule has 0 saturated heterocycles. The van der Waals surface area contributed by atoms with Crippen LogP contribution < -0.4 is 0 Å². The van der Waals surface area contributed by atoms with E-state index in [-0.39, 0.29) is 17.1 Å². The fraction of sp³-hybridized carbons (Fsp3) is 0.800. The Balaban J connectivity index is -0.000000218. The van der Waals surface area contributed by atoms with Crippen molar-refractivity contribution in [2.24, 2.45) is 0 Å². The van der Waals surface area contributed by atoms with E-state index in [1.54, 1.807) is 0 Å². The van der Waals surface area contributed by atoms with Crippen molar-refractivity contribution in [3.8, 4) is 0 Å². The van der Waals surface area contributed by atoms with Crippen LogP contribution >= 0.6 is 0 Å². The molecule has 0 aliphatic heterocycles. The molecule has 105 valence electrons. The van der Waals surface area contributed by atoms with Crippen LogP contribution in [0.4, 0.5) is 0 Å². The minimum Gasteiger partial charge on any atom is -0.680 e. The fourth-order valence-corrected chi connectivity index (χ4v) is 2.07. The van der Waals surface area contributed by atoms with Crippen molar-refractivity contribution in [3.05, 3.63) is 0 Å². The van der Waals surface area contributed by atoms with Gasteiger partial charge in [-0.25, -0.2) is 0 Å². The molecule has 0 fully saturated rings. The van der Waals surface area contributed by atoms with Crippen LogP contribution in [0.5, 0.6) is 0 Å². The number of rotatable bonds is 4.